The van der Waals surface area contributed by atoms with Gasteiger partial charge < -0.3 is 19.5 Å². The minimum atomic E-state index is -0.866. The van der Waals surface area contributed by atoms with Gasteiger partial charge in [-0.3, -0.25) is 9.59 Å². The lowest BCUT2D eigenvalue weighted by Gasteiger charge is -2.35. The number of hydrogen-bond acceptors (Lipinski definition) is 5. The van der Waals surface area contributed by atoms with Crippen LogP contribution in [0.5, 0.6) is 11.5 Å². The number of rotatable bonds is 7. The summed E-state index contributed by atoms with van der Waals surface area (Å²) in [5, 5.41) is 10.3. The number of phenolic OH excluding ortho intramolecular Hbond substituents is 1. The number of hydrogen-bond donors (Lipinski definition) is 1. The molecule has 1 N–H and O–H groups in total. The number of aromatic hydroxyl groups is 1. The second-order valence-electron chi connectivity index (χ2n) is 9.15. The lowest BCUT2D eigenvalue weighted by atomic mass is 9.69. The third-order valence-electron chi connectivity index (χ3n) is 6.81. The third kappa shape index (κ3) is 4.90. The number of amides is 1. The Bertz CT molecular complexity index is 958. The number of benzene rings is 2. The van der Waals surface area contributed by atoms with Crippen molar-refractivity contribution in [2.75, 3.05) is 20.2 Å². The number of likely N-dealkylation sites (tertiary alicyclic amines) is 1. The van der Waals surface area contributed by atoms with E-state index in [1.54, 1.807) is 12.1 Å². The van der Waals surface area contributed by atoms with Gasteiger partial charge in [-0.15, -0.1) is 0 Å². The van der Waals surface area contributed by atoms with Crippen LogP contribution < -0.4 is 4.74 Å². The van der Waals surface area contributed by atoms with Gasteiger partial charge in [0.15, 0.2) is 17.6 Å². The van der Waals surface area contributed by atoms with Gasteiger partial charge in [0.25, 0.3) is 5.91 Å². The van der Waals surface area contributed by atoms with Crippen LogP contribution in [0.3, 0.4) is 0 Å². The first kappa shape index (κ1) is 23.6. The van der Waals surface area contributed by atoms with E-state index in [2.05, 4.69) is 20.8 Å². The number of carbonyl (C=O) groups is 2. The normalized spacial score (nSPS) is 21.4. The highest BCUT2D eigenvalue weighted by Gasteiger charge is 2.48. The SMILES string of the molecule is COc1ccc(C2CN(C(=O)C(Cc3ccccc3)OC(C)=O)CC2(C)C(C)C)cc1O. The molecule has 0 aromatic heterocycles. The fraction of sp³-hybridized carbons (Fsp3) is 0.462. The summed E-state index contributed by atoms with van der Waals surface area (Å²) in [5.74, 6) is 0.165. The Labute approximate surface area is 190 Å². The van der Waals surface area contributed by atoms with E-state index in [0.717, 1.165) is 11.1 Å². The molecule has 1 saturated heterocycles. The first-order valence-electron chi connectivity index (χ1n) is 11.0. The predicted octanol–water partition coefficient (Wildman–Crippen LogP) is 4.16. The van der Waals surface area contributed by atoms with Crippen molar-refractivity contribution in [2.24, 2.45) is 11.3 Å². The van der Waals surface area contributed by atoms with E-state index in [0.29, 0.717) is 25.3 Å². The van der Waals surface area contributed by atoms with Gasteiger partial charge >= 0.3 is 5.97 Å². The zero-order valence-electron chi connectivity index (χ0n) is 19.5. The molecular weight excluding hydrogens is 406 g/mol. The molecule has 6 nitrogen and oxygen atoms in total. The van der Waals surface area contributed by atoms with Crippen LogP contribution in [-0.4, -0.2) is 48.2 Å². The van der Waals surface area contributed by atoms with E-state index < -0.39 is 12.1 Å². The zero-order valence-corrected chi connectivity index (χ0v) is 19.5. The fourth-order valence-corrected chi connectivity index (χ4v) is 4.59. The Kier molecular flexibility index (Phi) is 7.12. The van der Waals surface area contributed by atoms with E-state index in [4.69, 9.17) is 9.47 Å². The average molecular weight is 440 g/mol. The maximum absolute atomic E-state index is 13.5. The molecule has 1 aliphatic heterocycles. The second kappa shape index (κ2) is 9.63. The van der Waals surface area contributed by atoms with Gasteiger partial charge in [0.2, 0.25) is 0 Å². The molecule has 0 aliphatic carbocycles. The molecule has 1 amide bonds. The molecule has 0 radical (unpaired) electrons. The highest BCUT2D eigenvalue weighted by atomic mass is 16.5. The molecule has 6 heteroatoms. The quantitative estimate of drug-likeness (QED) is 0.656. The number of nitrogens with zero attached hydrogens (tertiary/aromatic N) is 1. The van der Waals surface area contributed by atoms with Crippen LogP contribution in [0.25, 0.3) is 0 Å². The highest BCUT2D eigenvalue weighted by molar-refractivity contribution is 5.84. The Morgan fingerprint density at radius 2 is 1.88 bits per heavy atom. The van der Waals surface area contributed by atoms with Gasteiger partial charge in [-0.05, 0) is 34.6 Å². The minimum absolute atomic E-state index is 0.0259. The first-order chi connectivity index (χ1) is 15.2. The summed E-state index contributed by atoms with van der Waals surface area (Å²) in [6.45, 7) is 8.85. The van der Waals surface area contributed by atoms with Gasteiger partial charge in [-0.2, -0.15) is 0 Å². The lowest BCUT2D eigenvalue weighted by Crippen LogP contribution is -2.42. The molecule has 1 heterocycles. The summed E-state index contributed by atoms with van der Waals surface area (Å²) < 4.78 is 10.6. The van der Waals surface area contributed by atoms with Crippen molar-refractivity contribution in [3.05, 3.63) is 59.7 Å². The summed E-state index contributed by atoms with van der Waals surface area (Å²) in [4.78, 5) is 27.1. The van der Waals surface area contributed by atoms with Gasteiger partial charge in [0, 0.05) is 32.4 Å². The molecule has 2 aromatic carbocycles. The first-order valence-corrected chi connectivity index (χ1v) is 11.0. The lowest BCUT2D eigenvalue weighted by molar-refractivity contribution is -0.158. The Hall–Kier alpha value is -3.02. The van der Waals surface area contributed by atoms with Gasteiger partial charge in [-0.25, -0.2) is 0 Å². The molecule has 3 rings (SSSR count). The summed E-state index contributed by atoms with van der Waals surface area (Å²) >= 11 is 0. The van der Waals surface area contributed by atoms with Crippen LogP contribution in [0.15, 0.2) is 48.5 Å². The number of methoxy groups -OCH3 is 1. The standard InChI is InChI=1S/C26H33NO5/c1-17(2)26(4)16-27(15-21(26)20-11-12-23(31-5)22(29)14-20)25(30)24(32-18(3)28)13-19-9-7-6-8-10-19/h6-12,14,17,21,24,29H,13,15-16H2,1-5H3. The van der Waals surface area contributed by atoms with Gasteiger partial charge in [0.1, 0.15) is 0 Å². The molecule has 32 heavy (non-hydrogen) atoms. The zero-order chi connectivity index (χ0) is 23.5. The summed E-state index contributed by atoms with van der Waals surface area (Å²) in [6, 6.07) is 15.0. The van der Waals surface area contributed by atoms with Crippen LogP contribution in [-0.2, 0) is 20.7 Å². The minimum Gasteiger partial charge on any atom is -0.504 e. The number of esters is 1. The van der Waals surface area contributed by atoms with E-state index in [9.17, 15) is 14.7 Å². The van der Waals surface area contributed by atoms with E-state index in [1.807, 2.05) is 41.3 Å². The Morgan fingerprint density at radius 1 is 1.19 bits per heavy atom. The van der Waals surface area contributed by atoms with Crippen molar-refractivity contribution in [2.45, 2.75) is 46.1 Å². The summed E-state index contributed by atoms with van der Waals surface area (Å²) in [7, 11) is 1.52. The molecule has 0 spiro atoms. The highest BCUT2D eigenvalue weighted by Crippen LogP contribution is 2.49. The van der Waals surface area contributed by atoms with Crippen LogP contribution in [0.1, 0.15) is 44.7 Å². The largest absolute Gasteiger partial charge is 0.504 e. The molecule has 0 bridgehead atoms. The van der Waals surface area contributed by atoms with E-state index in [-0.39, 0.29) is 28.9 Å². The molecule has 2 aromatic rings. The summed E-state index contributed by atoms with van der Waals surface area (Å²) in [6.07, 6.45) is -0.531. The van der Waals surface area contributed by atoms with E-state index >= 15 is 0 Å². The van der Waals surface area contributed by atoms with Gasteiger partial charge in [-0.1, -0.05) is 57.2 Å². The molecular formula is C26H33NO5. The number of ether oxygens (including phenoxy) is 2. The maximum Gasteiger partial charge on any atom is 0.303 e. The Balaban J connectivity index is 1.88. The molecule has 0 saturated carbocycles. The van der Waals surface area contributed by atoms with Crippen LogP contribution in [0, 0.1) is 11.3 Å². The summed E-state index contributed by atoms with van der Waals surface area (Å²) in [5.41, 5.74) is 1.70. The van der Waals surface area contributed by atoms with Crippen LogP contribution in [0.2, 0.25) is 0 Å². The molecule has 1 fully saturated rings. The molecule has 1 aliphatic rings. The van der Waals surface area contributed by atoms with Gasteiger partial charge in [0.05, 0.1) is 7.11 Å². The predicted molar refractivity (Wildman–Crippen MR) is 123 cm³/mol. The number of carbonyl (C=O) groups excluding carboxylic acids is 2. The second-order valence-corrected chi connectivity index (χ2v) is 9.15. The van der Waals surface area contributed by atoms with Crippen LogP contribution in [0.4, 0.5) is 0 Å². The van der Waals surface area contributed by atoms with E-state index in [1.165, 1.54) is 14.0 Å². The monoisotopic (exact) mass is 439 g/mol. The maximum atomic E-state index is 13.5. The van der Waals surface area contributed by atoms with Crippen molar-refractivity contribution in [3.63, 3.8) is 0 Å². The van der Waals surface area contributed by atoms with Crippen LogP contribution >= 0.6 is 0 Å². The van der Waals surface area contributed by atoms with Crippen molar-refractivity contribution < 1.29 is 24.2 Å². The molecule has 3 atom stereocenters. The van der Waals surface area contributed by atoms with Crippen molar-refractivity contribution >= 4 is 11.9 Å². The van der Waals surface area contributed by atoms with Crippen molar-refractivity contribution in [3.8, 4) is 11.5 Å². The topological polar surface area (TPSA) is 76.1 Å². The molecule has 3 unspecified atom stereocenters. The average Bonchev–Trinajstić information content (AvgIpc) is 3.12. The van der Waals surface area contributed by atoms with Crippen molar-refractivity contribution in [1.82, 2.24) is 4.90 Å². The third-order valence-corrected chi connectivity index (χ3v) is 6.81. The smallest absolute Gasteiger partial charge is 0.303 e. The molecule has 172 valence electrons. The van der Waals surface area contributed by atoms with Crippen molar-refractivity contribution in [1.29, 1.82) is 0 Å². The number of phenols is 1. The fourth-order valence-electron chi connectivity index (χ4n) is 4.59. The Morgan fingerprint density at radius 3 is 2.44 bits per heavy atom.